The maximum Gasteiger partial charge on any atom is 0.408 e. The van der Waals surface area contributed by atoms with Crippen molar-refractivity contribution < 1.29 is 42.9 Å². The summed E-state index contributed by atoms with van der Waals surface area (Å²) in [4.78, 5) is 61.8. The van der Waals surface area contributed by atoms with E-state index in [1.807, 2.05) is 6.07 Å². The van der Waals surface area contributed by atoms with Gasteiger partial charge in [-0.25, -0.2) is 19.2 Å². The molecule has 230 valence electrons. The molecule has 0 bridgehead atoms. The van der Waals surface area contributed by atoms with E-state index in [9.17, 15) is 24.0 Å². The topological polar surface area (TPSA) is 158 Å². The average Bonchev–Trinajstić information content (AvgIpc) is 2.87. The third kappa shape index (κ3) is 16.8. The summed E-state index contributed by atoms with van der Waals surface area (Å²) in [5.74, 6) is -1.85. The Hall–Kier alpha value is -3.83. The molecule has 1 aromatic rings. The third-order valence-corrected chi connectivity index (χ3v) is 5.26. The second-order valence-electron chi connectivity index (χ2n) is 11.4. The number of hydrogen-bond donors (Lipinski definition) is 3. The van der Waals surface area contributed by atoms with E-state index in [1.165, 1.54) is 7.11 Å². The van der Waals surface area contributed by atoms with Gasteiger partial charge in [-0.05, 0) is 72.8 Å². The zero-order valence-corrected chi connectivity index (χ0v) is 25.2. The van der Waals surface area contributed by atoms with Crippen molar-refractivity contribution in [2.45, 2.75) is 104 Å². The van der Waals surface area contributed by atoms with Gasteiger partial charge in [0.15, 0.2) is 0 Å². The van der Waals surface area contributed by atoms with Crippen molar-refractivity contribution in [3.05, 3.63) is 35.9 Å². The van der Waals surface area contributed by atoms with Gasteiger partial charge in [-0.2, -0.15) is 0 Å². The van der Waals surface area contributed by atoms with Crippen LogP contribution >= 0.6 is 0 Å². The average molecular weight is 580 g/mol. The summed E-state index contributed by atoms with van der Waals surface area (Å²) in [6, 6.07) is 6.96. The number of alkyl carbamates (subject to hydrolysis) is 2. The van der Waals surface area contributed by atoms with E-state index in [2.05, 4.69) is 16.0 Å². The lowest BCUT2D eigenvalue weighted by molar-refractivity contribution is -0.157. The molecule has 3 amide bonds. The Morgan fingerprint density at radius 3 is 1.95 bits per heavy atom. The molecular formula is C29H45N3O9. The highest BCUT2D eigenvalue weighted by Crippen LogP contribution is 2.12. The van der Waals surface area contributed by atoms with Gasteiger partial charge in [0.2, 0.25) is 5.91 Å². The molecule has 3 N–H and O–H groups in total. The Bertz CT molecular complexity index is 1000. The first-order valence-corrected chi connectivity index (χ1v) is 13.6. The quantitative estimate of drug-likeness (QED) is 0.169. The van der Waals surface area contributed by atoms with Crippen LogP contribution in [0.25, 0.3) is 0 Å². The summed E-state index contributed by atoms with van der Waals surface area (Å²) in [6.45, 7) is 10.7. The molecule has 12 heteroatoms. The maximum absolute atomic E-state index is 12.7. The highest BCUT2D eigenvalue weighted by atomic mass is 16.6. The monoisotopic (exact) mass is 579 g/mol. The van der Waals surface area contributed by atoms with Gasteiger partial charge in [-0.3, -0.25) is 4.79 Å². The smallest absolute Gasteiger partial charge is 0.408 e. The van der Waals surface area contributed by atoms with Crippen LogP contribution < -0.4 is 16.0 Å². The Labute approximate surface area is 242 Å². The minimum atomic E-state index is -1.15. The molecule has 0 saturated carbocycles. The predicted molar refractivity (Wildman–Crippen MR) is 151 cm³/mol. The second kappa shape index (κ2) is 17.1. The number of unbranched alkanes of at least 4 members (excludes halogenated alkanes) is 1. The SMILES string of the molecule is COC(=O)[C@H](CCCCNC(=O)OC(C)(C)C)NC(=O)CC[C@@H](NC(=O)OCc1ccccc1)C(=O)OC(C)(C)C. The second-order valence-corrected chi connectivity index (χ2v) is 11.4. The molecular weight excluding hydrogens is 534 g/mol. The van der Waals surface area contributed by atoms with E-state index in [0.29, 0.717) is 19.4 Å². The van der Waals surface area contributed by atoms with Gasteiger partial charge < -0.3 is 34.9 Å². The van der Waals surface area contributed by atoms with E-state index >= 15 is 0 Å². The number of ether oxygens (including phenoxy) is 4. The van der Waals surface area contributed by atoms with Crippen molar-refractivity contribution in [2.24, 2.45) is 0 Å². The largest absolute Gasteiger partial charge is 0.467 e. The number of benzene rings is 1. The van der Waals surface area contributed by atoms with Gasteiger partial charge in [0.25, 0.3) is 0 Å². The van der Waals surface area contributed by atoms with Crippen LogP contribution in [0.2, 0.25) is 0 Å². The standard InChI is InChI=1S/C29H45N3O9/c1-28(2,3)40-25(35)22(32-27(37)39-19-20-13-9-8-10-14-20)16-17-23(33)31-21(24(34)38-7)15-11-12-18-30-26(36)41-29(4,5)6/h8-10,13-14,21-22H,11-12,15-19H2,1-7H3,(H,30,36)(H,31,33)(H,32,37)/t21-,22+/m0/s1. The zero-order chi connectivity index (χ0) is 31.1. The third-order valence-electron chi connectivity index (χ3n) is 5.26. The van der Waals surface area contributed by atoms with E-state index < -0.39 is 53.3 Å². The molecule has 0 aliphatic carbocycles. The minimum Gasteiger partial charge on any atom is -0.467 e. The van der Waals surface area contributed by atoms with E-state index in [0.717, 1.165) is 5.56 Å². The highest BCUT2D eigenvalue weighted by Gasteiger charge is 2.29. The zero-order valence-electron chi connectivity index (χ0n) is 25.2. The Kier molecular flexibility index (Phi) is 14.7. The van der Waals surface area contributed by atoms with Crippen molar-refractivity contribution in [1.29, 1.82) is 0 Å². The number of amides is 3. The maximum atomic E-state index is 12.7. The summed E-state index contributed by atoms with van der Waals surface area (Å²) < 4.78 is 20.6. The summed E-state index contributed by atoms with van der Waals surface area (Å²) in [6.07, 6.45) is -0.326. The molecule has 0 spiro atoms. The van der Waals surface area contributed by atoms with Gasteiger partial charge in [-0.1, -0.05) is 30.3 Å². The summed E-state index contributed by atoms with van der Waals surface area (Å²) in [5.41, 5.74) is -0.655. The van der Waals surface area contributed by atoms with Gasteiger partial charge in [-0.15, -0.1) is 0 Å². The summed E-state index contributed by atoms with van der Waals surface area (Å²) in [7, 11) is 1.22. The fourth-order valence-corrected chi connectivity index (χ4v) is 3.44. The van der Waals surface area contributed by atoms with Crippen molar-refractivity contribution in [3.63, 3.8) is 0 Å². The van der Waals surface area contributed by atoms with E-state index in [4.69, 9.17) is 18.9 Å². The normalized spacial score (nSPS) is 12.8. The molecule has 0 aliphatic rings. The van der Waals surface area contributed by atoms with Crippen LogP contribution in [-0.4, -0.2) is 67.0 Å². The van der Waals surface area contributed by atoms with Crippen LogP contribution in [0, 0.1) is 0 Å². The highest BCUT2D eigenvalue weighted by molar-refractivity contribution is 5.86. The fourth-order valence-electron chi connectivity index (χ4n) is 3.44. The Morgan fingerprint density at radius 1 is 0.756 bits per heavy atom. The molecule has 0 heterocycles. The number of carbonyl (C=O) groups is 5. The van der Waals surface area contributed by atoms with E-state index in [1.54, 1.807) is 65.8 Å². The lowest BCUT2D eigenvalue weighted by Gasteiger charge is -2.24. The first kappa shape index (κ1) is 35.2. The van der Waals surface area contributed by atoms with E-state index in [-0.39, 0.29) is 25.9 Å². The Morgan fingerprint density at radius 2 is 1.37 bits per heavy atom. The van der Waals surface area contributed by atoms with Gasteiger partial charge in [0.1, 0.15) is 29.9 Å². The predicted octanol–water partition coefficient (Wildman–Crippen LogP) is 3.76. The van der Waals surface area contributed by atoms with Gasteiger partial charge in [0.05, 0.1) is 7.11 Å². The molecule has 0 saturated heterocycles. The van der Waals surface area contributed by atoms with Crippen LogP contribution in [0.1, 0.15) is 79.2 Å². The van der Waals surface area contributed by atoms with Crippen LogP contribution in [0.5, 0.6) is 0 Å². The molecule has 1 rings (SSSR count). The van der Waals surface area contributed by atoms with Crippen LogP contribution in [0.3, 0.4) is 0 Å². The number of carbonyl (C=O) groups excluding carboxylic acids is 5. The molecule has 0 unspecified atom stereocenters. The molecule has 12 nitrogen and oxygen atoms in total. The van der Waals surface area contributed by atoms with Crippen molar-refractivity contribution in [3.8, 4) is 0 Å². The number of hydrogen-bond acceptors (Lipinski definition) is 9. The summed E-state index contributed by atoms with van der Waals surface area (Å²) >= 11 is 0. The van der Waals surface area contributed by atoms with Gasteiger partial charge >= 0.3 is 24.1 Å². The number of rotatable bonds is 14. The lowest BCUT2D eigenvalue weighted by atomic mass is 10.1. The number of esters is 2. The van der Waals surface area contributed by atoms with Crippen LogP contribution in [0.4, 0.5) is 9.59 Å². The van der Waals surface area contributed by atoms with Crippen molar-refractivity contribution in [2.75, 3.05) is 13.7 Å². The van der Waals surface area contributed by atoms with Crippen LogP contribution in [-0.2, 0) is 39.9 Å². The molecule has 2 atom stereocenters. The molecule has 0 aliphatic heterocycles. The first-order chi connectivity index (χ1) is 19.1. The van der Waals surface area contributed by atoms with Gasteiger partial charge in [0, 0.05) is 13.0 Å². The molecule has 1 aromatic carbocycles. The number of nitrogens with one attached hydrogen (secondary N) is 3. The minimum absolute atomic E-state index is 0.00228. The molecule has 0 radical (unpaired) electrons. The van der Waals surface area contributed by atoms with Crippen LogP contribution in [0.15, 0.2) is 30.3 Å². The fraction of sp³-hybridized carbons (Fsp3) is 0.621. The molecule has 0 fully saturated rings. The Balaban J connectivity index is 2.65. The summed E-state index contributed by atoms with van der Waals surface area (Å²) in [5, 5.41) is 7.73. The molecule has 0 aromatic heterocycles. The molecule has 41 heavy (non-hydrogen) atoms. The lowest BCUT2D eigenvalue weighted by Crippen LogP contribution is -2.46. The van der Waals surface area contributed by atoms with Crippen molar-refractivity contribution >= 4 is 30.0 Å². The number of methoxy groups -OCH3 is 1. The first-order valence-electron chi connectivity index (χ1n) is 13.6. The van der Waals surface area contributed by atoms with Crippen molar-refractivity contribution in [1.82, 2.24) is 16.0 Å².